The Bertz CT molecular complexity index is 778. The van der Waals surface area contributed by atoms with Crippen molar-refractivity contribution < 1.29 is 0 Å². The summed E-state index contributed by atoms with van der Waals surface area (Å²) in [5, 5.41) is 9.14. The minimum absolute atomic E-state index is 0.744. The van der Waals surface area contributed by atoms with Crippen LogP contribution in [0.4, 0.5) is 11.5 Å². The van der Waals surface area contributed by atoms with Crippen LogP contribution in [0, 0.1) is 0 Å². The summed E-state index contributed by atoms with van der Waals surface area (Å²) in [4.78, 5) is 6.93. The molecule has 4 rings (SSSR count). The predicted molar refractivity (Wildman–Crippen MR) is 77.2 cm³/mol. The van der Waals surface area contributed by atoms with Gasteiger partial charge in [0, 0.05) is 24.2 Å². The van der Waals surface area contributed by atoms with E-state index in [9.17, 15) is 0 Å². The molecule has 0 bridgehead atoms. The van der Waals surface area contributed by atoms with Crippen molar-refractivity contribution in [1.29, 1.82) is 0 Å². The number of fused-ring (bicyclic) bond motifs is 2. The lowest BCUT2D eigenvalue weighted by Gasteiger charge is -2.28. The van der Waals surface area contributed by atoms with E-state index in [1.807, 2.05) is 24.3 Å². The fraction of sp³-hybridized carbons (Fsp3) is 0.214. The Morgan fingerprint density at radius 2 is 2.05 bits per heavy atom. The van der Waals surface area contributed by atoms with Gasteiger partial charge in [-0.3, -0.25) is 0 Å². The highest BCUT2D eigenvalue weighted by molar-refractivity contribution is 5.83. The van der Waals surface area contributed by atoms with Crippen molar-refractivity contribution in [2.45, 2.75) is 13.1 Å². The first kappa shape index (κ1) is 11.2. The van der Waals surface area contributed by atoms with E-state index in [2.05, 4.69) is 25.7 Å². The molecule has 0 spiro atoms. The molecule has 0 atom stereocenters. The number of benzene rings is 1. The molecule has 3 aromatic rings. The summed E-state index contributed by atoms with van der Waals surface area (Å²) < 4.78 is 2.08. The van der Waals surface area contributed by atoms with E-state index in [4.69, 9.17) is 10.7 Å². The fourth-order valence-electron chi connectivity index (χ4n) is 2.57. The van der Waals surface area contributed by atoms with Gasteiger partial charge in [0.2, 0.25) is 0 Å². The summed E-state index contributed by atoms with van der Waals surface area (Å²) in [7, 11) is 0. The van der Waals surface area contributed by atoms with E-state index in [1.54, 1.807) is 6.33 Å². The number of hydrogen-bond acceptors (Lipinski definition) is 5. The van der Waals surface area contributed by atoms with Crippen LogP contribution in [0.5, 0.6) is 0 Å². The molecule has 0 saturated heterocycles. The zero-order valence-corrected chi connectivity index (χ0v) is 10.9. The van der Waals surface area contributed by atoms with E-state index in [-0.39, 0.29) is 0 Å². The van der Waals surface area contributed by atoms with E-state index in [0.717, 1.165) is 47.9 Å². The van der Waals surface area contributed by atoms with Crippen LogP contribution in [0.15, 0.2) is 36.7 Å². The van der Waals surface area contributed by atoms with Crippen LogP contribution in [0.1, 0.15) is 5.82 Å². The Balaban J connectivity index is 1.71. The third-order valence-corrected chi connectivity index (χ3v) is 3.66. The topological polar surface area (TPSA) is 72.9 Å². The SMILES string of the molecule is Nc1ccc2nc(N3CCn4cnnc4C3)ccc2c1. The summed E-state index contributed by atoms with van der Waals surface area (Å²) >= 11 is 0. The number of nitrogens with zero attached hydrogens (tertiary/aromatic N) is 5. The van der Waals surface area contributed by atoms with Crippen LogP contribution in [0.25, 0.3) is 10.9 Å². The molecule has 1 aromatic carbocycles. The van der Waals surface area contributed by atoms with Gasteiger partial charge in [0.15, 0.2) is 5.82 Å². The van der Waals surface area contributed by atoms with Crippen LogP contribution in [0.2, 0.25) is 0 Å². The zero-order valence-electron chi connectivity index (χ0n) is 10.9. The number of rotatable bonds is 1. The van der Waals surface area contributed by atoms with Crippen molar-refractivity contribution in [3.8, 4) is 0 Å². The molecule has 1 aliphatic heterocycles. The van der Waals surface area contributed by atoms with Gasteiger partial charge in [-0.1, -0.05) is 0 Å². The van der Waals surface area contributed by atoms with Gasteiger partial charge < -0.3 is 15.2 Å². The lowest BCUT2D eigenvalue weighted by molar-refractivity contribution is 0.556. The van der Waals surface area contributed by atoms with Gasteiger partial charge in [-0.25, -0.2) is 4.98 Å². The zero-order chi connectivity index (χ0) is 13.5. The second-order valence-corrected chi connectivity index (χ2v) is 4.98. The van der Waals surface area contributed by atoms with Gasteiger partial charge in [-0.2, -0.15) is 0 Å². The molecule has 100 valence electrons. The van der Waals surface area contributed by atoms with Crippen LogP contribution >= 0.6 is 0 Å². The maximum absolute atomic E-state index is 5.79. The molecule has 0 saturated carbocycles. The fourth-order valence-corrected chi connectivity index (χ4v) is 2.57. The molecule has 0 radical (unpaired) electrons. The molecule has 20 heavy (non-hydrogen) atoms. The Hall–Kier alpha value is -2.63. The highest BCUT2D eigenvalue weighted by Crippen LogP contribution is 2.22. The number of nitrogens with two attached hydrogens (primary N) is 1. The maximum atomic E-state index is 5.79. The third-order valence-electron chi connectivity index (χ3n) is 3.66. The lowest BCUT2D eigenvalue weighted by Crippen LogP contribution is -2.34. The lowest BCUT2D eigenvalue weighted by atomic mass is 10.2. The van der Waals surface area contributed by atoms with Crippen molar-refractivity contribution in [2.24, 2.45) is 0 Å². The normalized spacial score (nSPS) is 14.5. The quantitative estimate of drug-likeness (QED) is 0.674. The Morgan fingerprint density at radius 1 is 1.10 bits per heavy atom. The minimum Gasteiger partial charge on any atom is -0.399 e. The molecular formula is C14H14N6. The minimum atomic E-state index is 0.744. The first-order chi connectivity index (χ1) is 9.79. The summed E-state index contributed by atoms with van der Waals surface area (Å²) in [6.07, 6.45) is 1.78. The smallest absolute Gasteiger partial charge is 0.152 e. The maximum Gasteiger partial charge on any atom is 0.152 e. The monoisotopic (exact) mass is 266 g/mol. The molecule has 0 amide bonds. The van der Waals surface area contributed by atoms with Crippen LogP contribution in [0.3, 0.4) is 0 Å². The van der Waals surface area contributed by atoms with Gasteiger partial charge in [0.05, 0.1) is 12.1 Å². The second-order valence-electron chi connectivity index (χ2n) is 4.98. The molecular weight excluding hydrogens is 252 g/mol. The number of anilines is 2. The van der Waals surface area contributed by atoms with Crippen LogP contribution in [-0.2, 0) is 13.1 Å². The number of hydrogen-bond donors (Lipinski definition) is 1. The predicted octanol–water partition coefficient (Wildman–Crippen LogP) is 1.43. The second kappa shape index (κ2) is 4.19. The third kappa shape index (κ3) is 1.77. The Labute approximate surface area is 115 Å². The Kier molecular flexibility index (Phi) is 2.35. The first-order valence-corrected chi connectivity index (χ1v) is 6.57. The van der Waals surface area contributed by atoms with Crippen molar-refractivity contribution in [1.82, 2.24) is 19.7 Å². The first-order valence-electron chi connectivity index (χ1n) is 6.57. The number of pyridine rings is 1. The van der Waals surface area contributed by atoms with Gasteiger partial charge >= 0.3 is 0 Å². The highest BCUT2D eigenvalue weighted by atomic mass is 15.3. The van der Waals surface area contributed by atoms with Crippen molar-refractivity contribution in [3.05, 3.63) is 42.5 Å². The molecule has 0 aliphatic carbocycles. The Morgan fingerprint density at radius 3 is 3.00 bits per heavy atom. The standard InChI is InChI=1S/C14H14N6/c15-11-2-3-12-10(7-11)1-4-13(17-12)19-5-6-20-9-16-18-14(20)8-19/h1-4,7,9H,5-6,8,15H2. The van der Waals surface area contributed by atoms with Crippen molar-refractivity contribution in [3.63, 3.8) is 0 Å². The molecule has 2 N–H and O–H groups in total. The number of aromatic nitrogens is 4. The average Bonchev–Trinajstić information content (AvgIpc) is 2.94. The summed E-state index contributed by atoms with van der Waals surface area (Å²) in [5.74, 6) is 1.95. The van der Waals surface area contributed by atoms with Gasteiger partial charge in [0.25, 0.3) is 0 Å². The summed E-state index contributed by atoms with van der Waals surface area (Å²) in [5.41, 5.74) is 7.51. The number of nitrogen functional groups attached to an aromatic ring is 1. The summed E-state index contributed by atoms with van der Waals surface area (Å²) in [6, 6.07) is 9.88. The average molecular weight is 266 g/mol. The van der Waals surface area contributed by atoms with Crippen LogP contribution in [-0.4, -0.2) is 26.3 Å². The van der Waals surface area contributed by atoms with Gasteiger partial charge in [0.1, 0.15) is 12.1 Å². The van der Waals surface area contributed by atoms with E-state index in [1.165, 1.54) is 0 Å². The van der Waals surface area contributed by atoms with Gasteiger partial charge in [-0.15, -0.1) is 10.2 Å². The molecule has 0 unspecified atom stereocenters. The molecule has 3 heterocycles. The highest BCUT2D eigenvalue weighted by Gasteiger charge is 2.18. The van der Waals surface area contributed by atoms with E-state index < -0.39 is 0 Å². The van der Waals surface area contributed by atoms with Crippen molar-refractivity contribution in [2.75, 3.05) is 17.2 Å². The molecule has 2 aromatic heterocycles. The van der Waals surface area contributed by atoms with Crippen LogP contribution < -0.4 is 10.6 Å². The molecule has 0 fully saturated rings. The molecule has 6 nitrogen and oxygen atoms in total. The van der Waals surface area contributed by atoms with E-state index >= 15 is 0 Å². The van der Waals surface area contributed by atoms with E-state index in [0.29, 0.717) is 0 Å². The summed E-state index contributed by atoms with van der Waals surface area (Å²) in [6.45, 7) is 2.55. The molecule has 1 aliphatic rings. The largest absolute Gasteiger partial charge is 0.399 e. The van der Waals surface area contributed by atoms with Crippen molar-refractivity contribution >= 4 is 22.4 Å². The molecule has 6 heteroatoms. The van der Waals surface area contributed by atoms with Gasteiger partial charge in [-0.05, 0) is 30.3 Å².